The van der Waals surface area contributed by atoms with Crippen LogP contribution in [0.1, 0.15) is 37.4 Å². The summed E-state index contributed by atoms with van der Waals surface area (Å²) in [5.41, 5.74) is 2.47. The van der Waals surface area contributed by atoms with Crippen LogP contribution in [0.2, 0.25) is 0 Å². The number of aryl methyl sites for hydroxylation is 1. The Kier molecular flexibility index (Phi) is 6.53. The molecule has 2 aromatic rings. The molecule has 0 saturated carbocycles. The first-order chi connectivity index (χ1) is 10.7. The van der Waals surface area contributed by atoms with Gasteiger partial charge in [0.2, 0.25) is 5.91 Å². The molecule has 0 bridgehead atoms. The molecule has 0 saturated heterocycles. The zero-order valence-electron chi connectivity index (χ0n) is 13.2. The summed E-state index contributed by atoms with van der Waals surface area (Å²) >= 11 is 1.72. The number of carbonyl (C=O) groups is 1. The summed E-state index contributed by atoms with van der Waals surface area (Å²) in [5, 5.41) is 3.07. The highest BCUT2D eigenvalue weighted by molar-refractivity contribution is 7.99. The van der Waals surface area contributed by atoms with Gasteiger partial charge in [-0.15, -0.1) is 11.8 Å². The standard InChI is InChI=1S/C19H23NOS/c1-3-16-9-11-17(12-10-16)15(2)20-19(21)13-14-22-18-7-5-4-6-8-18/h4-12,15H,3,13-14H2,1-2H3,(H,20,21). The minimum atomic E-state index is 0.0557. The Morgan fingerprint density at radius 1 is 1.09 bits per heavy atom. The topological polar surface area (TPSA) is 29.1 Å². The highest BCUT2D eigenvalue weighted by atomic mass is 32.2. The van der Waals surface area contributed by atoms with E-state index in [0.717, 1.165) is 17.7 Å². The highest BCUT2D eigenvalue weighted by Crippen LogP contribution is 2.18. The van der Waals surface area contributed by atoms with E-state index in [0.29, 0.717) is 6.42 Å². The van der Waals surface area contributed by atoms with Crippen LogP contribution < -0.4 is 5.32 Å². The molecule has 1 amide bonds. The van der Waals surface area contributed by atoms with Crippen molar-refractivity contribution < 1.29 is 4.79 Å². The van der Waals surface area contributed by atoms with Gasteiger partial charge in [-0.3, -0.25) is 4.79 Å². The number of hydrogen-bond acceptors (Lipinski definition) is 2. The molecule has 0 fully saturated rings. The summed E-state index contributed by atoms with van der Waals surface area (Å²) in [4.78, 5) is 13.2. The van der Waals surface area contributed by atoms with E-state index in [1.165, 1.54) is 10.5 Å². The van der Waals surface area contributed by atoms with E-state index in [2.05, 4.69) is 48.6 Å². The van der Waals surface area contributed by atoms with Gasteiger partial charge < -0.3 is 5.32 Å². The molecule has 0 heterocycles. The highest BCUT2D eigenvalue weighted by Gasteiger charge is 2.09. The number of amides is 1. The summed E-state index contributed by atoms with van der Waals surface area (Å²) in [7, 11) is 0. The van der Waals surface area contributed by atoms with Crippen LogP contribution in [0.3, 0.4) is 0 Å². The molecule has 116 valence electrons. The fourth-order valence-corrected chi connectivity index (χ4v) is 3.09. The SMILES string of the molecule is CCc1ccc(C(C)NC(=O)CCSc2ccccc2)cc1. The molecule has 0 aliphatic carbocycles. The maximum absolute atomic E-state index is 12.0. The molecular formula is C19H23NOS. The number of nitrogens with one attached hydrogen (secondary N) is 1. The zero-order chi connectivity index (χ0) is 15.8. The van der Waals surface area contributed by atoms with Gasteiger partial charge in [0.1, 0.15) is 0 Å². The van der Waals surface area contributed by atoms with Crippen molar-refractivity contribution in [3.05, 3.63) is 65.7 Å². The first-order valence-electron chi connectivity index (χ1n) is 7.75. The maximum Gasteiger partial charge on any atom is 0.221 e. The smallest absolute Gasteiger partial charge is 0.221 e. The third-order valence-corrected chi connectivity index (χ3v) is 4.62. The maximum atomic E-state index is 12.0. The van der Waals surface area contributed by atoms with E-state index in [9.17, 15) is 4.79 Å². The number of carbonyl (C=O) groups excluding carboxylic acids is 1. The largest absolute Gasteiger partial charge is 0.350 e. The predicted molar refractivity (Wildman–Crippen MR) is 94.2 cm³/mol. The van der Waals surface area contributed by atoms with Crippen LogP contribution in [0.4, 0.5) is 0 Å². The fraction of sp³-hybridized carbons (Fsp3) is 0.316. The molecule has 1 atom stereocenters. The molecular weight excluding hydrogens is 290 g/mol. The Labute approximate surface area is 137 Å². The molecule has 2 rings (SSSR count). The van der Waals surface area contributed by atoms with Crippen LogP contribution in [0, 0.1) is 0 Å². The van der Waals surface area contributed by atoms with Gasteiger partial charge in [-0.25, -0.2) is 0 Å². The monoisotopic (exact) mass is 313 g/mol. The van der Waals surface area contributed by atoms with E-state index >= 15 is 0 Å². The van der Waals surface area contributed by atoms with Gasteiger partial charge in [0, 0.05) is 17.1 Å². The van der Waals surface area contributed by atoms with Crippen molar-refractivity contribution in [2.75, 3.05) is 5.75 Å². The number of benzene rings is 2. The molecule has 1 N–H and O–H groups in total. The Morgan fingerprint density at radius 3 is 2.41 bits per heavy atom. The molecule has 3 heteroatoms. The summed E-state index contributed by atoms with van der Waals surface area (Å²) in [6, 6.07) is 18.7. The van der Waals surface area contributed by atoms with Crippen molar-refractivity contribution in [1.29, 1.82) is 0 Å². The van der Waals surface area contributed by atoms with Crippen molar-refractivity contribution in [2.45, 2.75) is 37.6 Å². The second-order valence-electron chi connectivity index (χ2n) is 5.30. The summed E-state index contributed by atoms with van der Waals surface area (Å²) in [5.74, 6) is 0.910. The van der Waals surface area contributed by atoms with Gasteiger partial charge in [-0.1, -0.05) is 49.4 Å². The molecule has 22 heavy (non-hydrogen) atoms. The fourth-order valence-electron chi connectivity index (χ4n) is 2.22. The first-order valence-corrected chi connectivity index (χ1v) is 8.73. The number of rotatable bonds is 7. The van der Waals surface area contributed by atoms with Crippen LogP contribution in [0.25, 0.3) is 0 Å². The van der Waals surface area contributed by atoms with Crippen molar-refractivity contribution in [1.82, 2.24) is 5.32 Å². The molecule has 0 aromatic heterocycles. The van der Waals surface area contributed by atoms with E-state index in [4.69, 9.17) is 0 Å². The van der Waals surface area contributed by atoms with E-state index in [-0.39, 0.29) is 11.9 Å². The summed E-state index contributed by atoms with van der Waals surface area (Å²) < 4.78 is 0. The van der Waals surface area contributed by atoms with Crippen LogP contribution >= 0.6 is 11.8 Å². The average Bonchev–Trinajstić information content (AvgIpc) is 2.56. The van der Waals surface area contributed by atoms with Crippen molar-refractivity contribution >= 4 is 17.7 Å². The zero-order valence-corrected chi connectivity index (χ0v) is 14.0. The second kappa shape index (κ2) is 8.64. The molecule has 0 spiro atoms. The third kappa shape index (κ3) is 5.23. The van der Waals surface area contributed by atoms with Gasteiger partial charge >= 0.3 is 0 Å². The Balaban J connectivity index is 1.76. The van der Waals surface area contributed by atoms with Crippen LogP contribution in [0.15, 0.2) is 59.5 Å². The molecule has 2 aromatic carbocycles. The van der Waals surface area contributed by atoms with Gasteiger partial charge in [0.25, 0.3) is 0 Å². The van der Waals surface area contributed by atoms with Gasteiger partial charge in [-0.2, -0.15) is 0 Å². The molecule has 0 radical (unpaired) electrons. The lowest BCUT2D eigenvalue weighted by molar-refractivity contribution is -0.121. The Morgan fingerprint density at radius 2 is 1.77 bits per heavy atom. The van der Waals surface area contributed by atoms with Crippen LogP contribution in [-0.2, 0) is 11.2 Å². The quantitative estimate of drug-likeness (QED) is 0.756. The van der Waals surface area contributed by atoms with Crippen molar-refractivity contribution in [2.24, 2.45) is 0 Å². The second-order valence-corrected chi connectivity index (χ2v) is 6.46. The van der Waals surface area contributed by atoms with Gasteiger partial charge in [0.05, 0.1) is 6.04 Å². The number of hydrogen-bond donors (Lipinski definition) is 1. The molecule has 2 nitrogen and oxygen atoms in total. The average molecular weight is 313 g/mol. The molecule has 0 aliphatic rings. The van der Waals surface area contributed by atoms with Crippen LogP contribution in [0.5, 0.6) is 0 Å². The Bertz CT molecular complexity index is 580. The van der Waals surface area contributed by atoms with E-state index < -0.39 is 0 Å². The van der Waals surface area contributed by atoms with E-state index in [1.54, 1.807) is 11.8 Å². The third-order valence-electron chi connectivity index (χ3n) is 3.61. The minimum Gasteiger partial charge on any atom is -0.350 e. The molecule has 1 unspecified atom stereocenters. The normalized spacial score (nSPS) is 11.9. The van der Waals surface area contributed by atoms with Crippen LogP contribution in [-0.4, -0.2) is 11.7 Å². The Hall–Kier alpha value is -1.74. The lowest BCUT2D eigenvalue weighted by Gasteiger charge is -2.14. The van der Waals surface area contributed by atoms with Crippen molar-refractivity contribution in [3.8, 4) is 0 Å². The predicted octanol–water partition coefficient (Wildman–Crippen LogP) is 4.61. The summed E-state index contributed by atoms with van der Waals surface area (Å²) in [6.07, 6.45) is 1.58. The van der Waals surface area contributed by atoms with E-state index in [1.807, 2.05) is 25.1 Å². The van der Waals surface area contributed by atoms with Gasteiger partial charge in [0.15, 0.2) is 0 Å². The number of thioether (sulfide) groups is 1. The minimum absolute atomic E-state index is 0.0557. The lowest BCUT2D eigenvalue weighted by atomic mass is 10.0. The lowest BCUT2D eigenvalue weighted by Crippen LogP contribution is -2.26. The first kappa shape index (κ1) is 16.6. The van der Waals surface area contributed by atoms with Crippen molar-refractivity contribution in [3.63, 3.8) is 0 Å². The summed E-state index contributed by atoms with van der Waals surface area (Å²) in [6.45, 7) is 4.17. The van der Waals surface area contributed by atoms with Gasteiger partial charge in [-0.05, 0) is 36.6 Å². The molecule has 0 aliphatic heterocycles.